The zero-order chi connectivity index (χ0) is 13.1. The van der Waals surface area contributed by atoms with Gasteiger partial charge in [-0.3, -0.25) is 0 Å². The van der Waals surface area contributed by atoms with E-state index in [0.717, 1.165) is 13.1 Å². The van der Waals surface area contributed by atoms with E-state index in [9.17, 15) is 0 Å². The van der Waals surface area contributed by atoms with Crippen molar-refractivity contribution in [1.29, 1.82) is 0 Å². The van der Waals surface area contributed by atoms with Gasteiger partial charge >= 0.3 is 0 Å². The van der Waals surface area contributed by atoms with Gasteiger partial charge in [0, 0.05) is 19.6 Å². The molecular formula is C15H26N2. The van der Waals surface area contributed by atoms with Crippen LogP contribution in [-0.4, -0.2) is 25.0 Å². The monoisotopic (exact) mass is 234 g/mol. The molecule has 0 atom stereocenters. The molecule has 0 aromatic heterocycles. The zero-order valence-corrected chi connectivity index (χ0v) is 11.9. The number of benzene rings is 1. The lowest BCUT2D eigenvalue weighted by Crippen LogP contribution is -2.25. The second-order valence-electron chi connectivity index (χ2n) is 5.92. The first-order valence-electron chi connectivity index (χ1n) is 6.33. The van der Waals surface area contributed by atoms with Crippen molar-refractivity contribution in [2.24, 2.45) is 5.73 Å². The van der Waals surface area contributed by atoms with Gasteiger partial charge in [-0.05, 0) is 36.1 Å². The van der Waals surface area contributed by atoms with E-state index in [0.29, 0.717) is 6.54 Å². The number of rotatable bonds is 4. The highest BCUT2D eigenvalue weighted by atomic mass is 15.1. The van der Waals surface area contributed by atoms with Gasteiger partial charge in [-0.15, -0.1) is 0 Å². The normalized spacial score (nSPS) is 12.2. The molecule has 0 aliphatic rings. The average molecular weight is 234 g/mol. The molecule has 2 nitrogen and oxygen atoms in total. The molecule has 0 radical (unpaired) electrons. The highest BCUT2D eigenvalue weighted by molar-refractivity contribution is 5.34. The lowest BCUT2D eigenvalue weighted by molar-refractivity contribution is 0.335. The zero-order valence-electron chi connectivity index (χ0n) is 11.9. The third kappa shape index (κ3) is 4.14. The summed E-state index contributed by atoms with van der Waals surface area (Å²) >= 11 is 0. The Morgan fingerprint density at radius 1 is 1.24 bits per heavy atom. The first kappa shape index (κ1) is 14.2. The van der Waals surface area contributed by atoms with Gasteiger partial charge in [0.15, 0.2) is 0 Å². The van der Waals surface area contributed by atoms with E-state index in [1.54, 1.807) is 0 Å². The molecule has 1 aromatic rings. The summed E-state index contributed by atoms with van der Waals surface area (Å²) in [6.45, 7) is 11.6. The van der Waals surface area contributed by atoms with Crippen LogP contribution in [0.2, 0.25) is 0 Å². The summed E-state index contributed by atoms with van der Waals surface area (Å²) in [7, 11) is 2.12. The maximum Gasteiger partial charge on any atom is 0.0233 e. The number of hydrogen-bond acceptors (Lipinski definition) is 2. The van der Waals surface area contributed by atoms with Gasteiger partial charge in [0.1, 0.15) is 0 Å². The SMILES string of the molecule is Cc1ccc(C(C)(C)C)cc1CN(C)CCN. The van der Waals surface area contributed by atoms with Gasteiger partial charge in [0.25, 0.3) is 0 Å². The maximum absolute atomic E-state index is 5.58. The van der Waals surface area contributed by atoms with Crippen molar-refractivity contribution >= 4 is 0 Å². The molecule has 0 unspecified atom stereocenters. The topological polar surface area (TPSA) is 29.3 Å². The molecule has 1 rings (SSSR count). The molecule has 0 heterocycles. The standard InChI is InChI=1S/C15H26N2/c1-12-6-7-14(15(2,3)4)10-13(12)11-17(5)9-8-16/h6-7,10H,8-9,11,16H2,1-5H3. The van der Waals surface area contributed by atoms with Crippen LogP contribution in [0.4, 0.5) is 0 Å². The minimum atomic E-state index is 0.217. The van der Waals surface area contributed by atoms with E-state index in [2.05, 4.69) is 57.8 Å². The van der Waals surface area contributed by atoms with Crippen molar-refractivity contribution in [2.75, 3.05) is 20.1 Å². The summed E-state index contributed by atoms with van der Waals surface area (Å²) in [5.74, 6) is 0. The van der Waals surface area contributed by atoms with E-state index in [1.807, 2.05) is 0 Å². The number of hydrogen-bond donors (Lipinski definition) is 1. The highest BCUT2D eigenvalue weighted by Crippen LogP contribution is 2.24. The van der Waals surface area contributed by atoms with Gasteiger partial charge < -0.3 is 10.6 Å². The molecule has 0 saturated heterocycles. The molecule has 0 spiro atoms. The fraction of sp³-hybridized carbons (Fsp3) is 0.600. The molecule has 0 fully saturated rings. The molecule has 2 N–H and O–H groups in total. The summed E-state index contributed by atoms with van der Waals surface area (Å²) < 4.78 is 0. The fourth-order valence-corrected chi connectivity index (χ4v) is 1.90. The smallest absolute Gasteiger partial charge is 0.0233 e. The summed E-state index contributed by atoms with van der Waals surface area (Å²) in [6, 6.07) is 6.80. The molecule has 0 aliphatic heterocycles. The van der Waals surface area contributed by atoms with Crippen molar-refractivity contribution < 1.29 is 0 Å². The molecule has 0 aliphatic carbocycles. The minimum Gasteiger partial charge on any atom is -0.329 e. The predicted molar refractivity (Wildman–Crippen MR) is 75.3 cm³/mol. The molecule has 96 valence electrons. The van der Waals surface area contributed by atoms with E-state index >= 15 is 0 Å². The van der Waals surface area contributed by atoms with E-state index in [1.165, 1.54) is 16.7 Å². The number of nitrogens with zero attached hydrogens (tertiary/aromatic N) is 1. The lowest BCUT2D eigenvalue weighted by Gasteiger charge is -2.23. The Hall–Kier alpha value is -0.860. The van der Waals surface area contributed by atoms with Crippen LogP contribution < -0.4 is 5.73 Å². The van der Waals surface area contributed by atoms with Crippen molar-refractivity contribution in [3.05, 3.63) is 34.9 Å². The highest BCUT2D eigenvalue weighted by Gasteiger charge is 2.15. The number of nitrogens with two attached hydrogens (primary N) is 1. The molecule has 0 saturated carbocycles. The quantitative estimate of drug-likeness (QED) is 0.868. The van der Waals surface area contributed by atoms with E-state index < -0.39 is 0 Å². The van der Waals surface area contributed by atoms with Crippen LogP contribution in [0.1, 0.15) is 37.5 Å². The Bertz CT molecular complexity index is 364. The summed E-state index contributed by atoms with van der Waals surface area (Å²) in [5.41, 5.74) is 9.97. The molecule has 1 aromatic carbocycles. The van der Waals surface area contributed by atoms with Crippen molar-refractivity contribution in [2.45, 2.75) is 39.7 Å². The van der Waals surface area contributed by atoms with Gasteiger partial charge in [-0.25, -0.2) is 0 Å². The third-order valence-electron chi connectivity index (χ3n) is 3.17. The molecule has 0 bridgehead atoms. The van der Waals surface area contributed by atoms with E-state index in [-0.39, 0.29) is 5.41 Å². The maximum atomic E-state index is 5.58. The Morgan fingerprint density at radius 2 is 1.88 bits per heavy atom. The van der Waals surface area contributed by atoms with Crippen molar-refractivity contribution in [3.63, 3.8) is 0 Å². The summed E-state index contributed by atoms with van der Waals surface area (Å²) in [6.07, 6.45) is 0. The van der Waals surface area contributed by atoms with Crippen LogP contribution >= 0.6 is 0 Å². The van der Waals surface area contributed by atoms with Crippen molar-refractivity contribution in [3.8, 4) is 0 Å². The number of likely N-dealkylation sites (N-methyl/N-ethyl adjacent to an activating group) is 1. The molecule has 0 amide bonds. The fourth-order valence-electron chi connectivity index (χ4n) is 1.90. The average Bonchev–Trinajstić information content (AvgIpc) is 2.20. The van der Waals surface area contributed by atoms with Crippen LogP contribution in [0.5, 0.6) is 0 Å². The van der Waals surface area contributed by atoms with Gasteiger partial charge in [0.05, 0.1) is 0 Å². The minimum absolute atomic E-state index is 0.217. The Kier molecular flexibility index (Phi) is 4.72. The second kappa shape index (κ2) is 5.65. The first-order chi connectivity index (χ1) is 7.84. The Balaban J connectivity index is 2.91. The van der Waals surface area contributed by atoms with Crippen LogP contribution in [-0.2, 0) is 12.0 Å². The Morgan fingerprint density at radius 3 is 2.41 bits per heavy atom. The first-order valence-corrected chi connectivity index (χ1v) is 6.33. The predicted octanol–water partition coefficient (Wildman–Crippen LogP) is 2.68. The van der Waals surface area contributed by atoms with Crippen LogP contribution in [0, 0.1) is 6.92 Å². The van der Waals surface area contributed by atoms with Gasteiger partial charge in [-0.1, -0.05) is 39.0 Å². The number of aryl methyl sites for hydroxylation is 1. The van der Waals surface area contributed by atoms with Gasteiger partial charge in [0.2, 0.25) is 0 Å². The van der Waals surface area contributed by atoms with Gasteiger partial charge in [-0.2, -0.15) is 0 Å². The summed E-state index contributed by atoms with van der Waals surface area (Å²) in [5, 5.41) is 0. The van der Waals surface area contributed by atoms with Crippen LogP contribution in [0.3, 0.4) is 0 Å². The second-order valence-corrected chi connectivity index (χ2v) is 5.92. The van der Waals surface area contributed by atoms with Crippen LogP contribution in [0.15, 0.2) is 18.2 Å². The molecule has 17 heavy (non-hydrogen) atoms. The van der Waals surface area contributed by atoms with Crippen molar-refractivity contribution in [1.82, 2.24) is 4.90 Å². The van der Waals surface area contributed by atoms with Crippen LogP contribution in [0.25, 0.3) is 0 Å². The molecular weight excluding hydrogens is 208 g/mol. The third-order valence-corrected chi connectivity index (χ3v) is 3.17. The lowest BCUT2D eigenvalue weighted by atomic mass is 9.85. The largest absolute Gasteiger partial charge is 0.329 e. The summed E-state index contributed by atoms with van der Waals surface area (Å²) in [4.78, 5) is 2.27. The van der Waals surface area contributed by atoms with E-state index in [4.69, 9.17) is 5.73 Å². The Labute approximate surface area is 106 Å². The molecule has 2 heteroatoms.